The number of hydrogen-bond acceptors (Lipinski definition) is 5. The average molecular weight is 359 g/mol. The lowest BCUT2D eigenvalue weighted by atomic mass is 10.1. The van der Waals surface area contributed by atoms with Gasteiger partial charge in [0.25, 0.3) is 5.91 Å². The van der Waals surface area contributed by atoms with E-state index in [4.69, 9.17) is 9.26 Å². The number of piperazine rings is 1. The van der Waals surface area contributed by atoms with Gasteiger partial charge in [-0.25, -0.2) is 4.39 Å². The van der Waals surface area contributed by atoms with Crippen molar-refractivity contribution in [3.05, 3.63) is 47.1 Å². The summed E-state index contributed by atoms with van der Waals surface area (Å²) in [7, 11) is 0. The van der Waals surface area contributed by atoms with Gasteiger partial charge in [-0.1, -0.05) is 17.3 Å². The lowest BCUT2D eigenvalue weighted by Crippen LogP contribution is -2.52. The van der Waals surface area contributed by atoms with Gasteiger partial charge in [0, 0.05) is 25.7 Å². The Morgan fingerprint density at radius 1 is 1.35 bits per heavy atom. The van der Waals surface area contributed by atoms with E-state index in [1.807, 2.05) is 4.90 Å². The van der Waals surface area contributed by atoms with Gasteiger partial charge in [0.05, 0.1) is 5.56 Å². The average Bonchev–Trinajstić information content (AvgIpc) is 3.26. The highest BCUT2D eigenvalue weighted by molar-refractivity contribution is 5.94. The van der Waals surface area contributed by atoms with Crippen molar-refractivity contribution in [2.24, 2.45) is 0 Å². The van der Waals surface area contributed by atoms with Gasteiger partial charge >= 0.3 is 0 Å². The summed E-state index contributed by atoms with van der Waals surface area (Å²) in [6.07, 6.45) is 2.32. The van der Waals surface area contributed by atoms with Crippen molar-refractivity contribution in [2.75, 3.05) is 26.2 Å². The minimum absolute atomic E-state index is 0.0424. The highest BCUT2D eigenvalue weighted by Crippen LogP contribution is 2.25. The molecule has 6 nitrogen and oxygen atoms in total. The second kappa shape index (κ2) is 7.07. The van der Waals surface area contributed by atoms with Crippen LogP contribution in [0.1, 0.15) is 34.7 Å². The summed E-state index contributed by atoms with van der Waals surface area (Å²) in [5, 5.41) is 3.96. The number of nitrogens with zero attached hydrogens (tertiary/aromatic N) is 3. The fourth-order valence-electron chi connectivity index (χ4n) is 3.77. The molecule has 7 heteroatoms. The van der Waals surface area contributed by atoms with Gasteiger partial charge in [0.2, 0.25) is 0 Å². The molecule has 2 aliphatic rings. The van der Waals surface area contributed by atoms with Crippen LogP contribution in [0.4, 0.5) is 4.39 Å². The summed E-state index contributed by atoms with van der Waals surface area (Å²) >= 11 is 0. The van der Waals surface area contributed by atoms with Gasteiger partial charge in [-0.3, -0.25) is 9.69 Å². The molecule has 2 aromatic rings. The van der Waals surface area contributed by atoms with E-state index in [-0.39, 0.29) is 24.0 Å². The maximum atomic E-state index is 13.7. The van der Waals surface area contributed by atoms with Crippen LogP contribution in [-0.2, 0) is 6.61 Å². The fraction of sp³-hybridized carbons (Fsp3) is 0.474. The minimum Gasteiger partial charge on any atom is -0.486 e. The Bertz CT molecular complexity index is 807. The summed E-state index contributed by atoms with van der Waals surface area (Å²) in [5.41, 5.74) is 0.845. The smallest absolute Gasteiger partial charge is 0.276 e. The Labute approximate surface area is 151 Å². The zero-order valence-electron chi connectivity index (χ0n) is 14.8. The molecule has 26 heavy (non-hydrogen) atoms. The Morgan fingerprint density at radius 3 is 3.04 bits per heavy atom. The standard InChI is InChI=1S/C19H22FN3O3/c1-13-15(12-25-17-7-3-2-6-16(17)20)18(21-26-13)19(24)23-10-9-22-8-4-5-14(22)11-23/h2-3,6-7,14H,4-5,8-12H2,1H3. The summed E-state index contributed by atoms with van der Waals surface area (Å²) in [6, 6.07) is 6.64. The van der Waals surface area contributed by atoms with E-state index in [2.05, 4.69) is 10.1 Å². The predicted molar refractivity (Wildman–Crippen MR) is 92.5 cm³/mol. The summed E-state index contributed by atoms with van der Waals surface area (Å²) < 4.78 is 24.5. The van der Waals surface area contributed by atoms with Gasteiger partial charge in [0.15, 0.2) is 17.3 Å². The van der Waals surface area contributed by atoms with Crippen LogP contribution in [-0.4, -0.2) is 53.1 Å². The van der Waals surface area contributed by atoms with E-state index in [1.54, 1.807) is 25.1 Å². The molecule has 0 bridgehead atoms. The van der Waals surface area contributed by atoms with Crippen molar-refractivity contribution in [3.8, 4) is 5.75 Å². The molecule has 1 aromatic heterocycles. The maximum absolute atomic E-state index is 13.7. The number of aromatic nitrogens is 1. The summed E-state index contributed by atoms with van der Waals surface area (Å²) in [6.45, 7) is 5.21. The van der Waals surface area contributed by atoms with Crippen LogP contribution >= 0.6 is 0 Å². The summed E-state index contributed by atoms with van der Waals surface area (Å²) in [4.78, 5) is 17.2. The highest BCUT2D eigenvalue weighted by atomic mass is 19.1. The van der Waals surface area contributed by atoms with Crippen LogP contribution in [0.5, 0.6) is 5.75 Å². The Balaban J connectivity index is 1.49. The number of hydrogen-bond donors (Lipinski definition) is 0. The first-order valence-electron chi connectivity index (χ1n) is 8.99. The van der Waals surface area contributed by atoms with E-state index in [1.165, 1.54) is 12.5 Å². The maximum Gasteiger partial charge on any atom is 0.276 e. The van der Waals surface area contributed by atoms with Crippen LogP contribution in [0.15, 0.2) is 28.8 Å². The second-order valence-corrected chi connectivity index (χ2v) is 6.87. The van der Waals surface area contributed by atoms with Crippen molar-refractivity contribution >= 4 is 5.91 Å². The number of aryl methyl sites for hydroxylation is 1. The molecule has 0 spiro atoms. The van der Waals surface area contributed by atoms with Crippen molar-refractivity contribution in [1.29, 1.82) is 0 Å². The number of benzene rings is 1. The Hall–Kier alpha value is -2.41. The lowest BCUT2D eigenvalue weighted by molar-refractivity contribution is 0.0559. The SMILES string of the molecule is Cc1onc(C(=O)N2CCN3CCCC3C2)c1COc1ccccc1F. The third kappa shape index (κ3) is 3.19. The number of carbonyl (C=O) groups excluding carboxylic acids is 1. The molecule has 2 aliphatic heterocycles. The predicted octanol–water partition coefficient (Wildman–Crippen LogP) is 2.62. The third-order valence-electron chi connectivity index (χ3n) is 5.27. The number of halogens is 1. The molecule has 1 aromatic carbocycles. The van der Waals surface area contributed by atoms with Crippen molar-refractivity contribution < 1.29 is 18.4 Å². The Morgan fingerprint density at radius 2 is 2.19 bits per heavy atom. The van der Waals surface area contributed by atoms with E-state index in [9.17, 15) is 9.18 Å². The molecule has 2 saturated heterocycles. The van der Waals surface area contributed by atoms with Crippen LogP contribution in [0, 0.1) is 12.7 Å². The molecule has 1 unspecified atom stereocenters. The zero-order valence-corrected chi connectivity index (χ0v) is 14.8. The molecule has 3 heterocycles. The largest absolute Gasteiger partial charge is 0.486 e. The molecular formula is C19H22FN3O3. The number of ether oxygens (including phenoxy) is 1. The number of amides is 1. The first kappa shape index (κ1) is 17.0. The molecule has 138 valence electrons. The summed E-state index contributed by atoms with van der Waals surface area (Å²) in [5.74, 6) is 0.0858. The molecule has 0 saturated carbocycles. The molecule has 0 radical (unpaired) electrons. The van der Waals surface area contributed by atoms with Crippen LogP contribution in [0.3, 0.4) is 0 Å². The quantitative estimate of drug-likeness (QED) is 0.840. The second-order valence-electron chi connectivity index (χ2n) is 6.87. The molecule has 1 atom stereocenters. The van der Waals surface area contributed by atoms with E-state index in [0.717, 1.165) is 26.1 Å². The number of rotatable bonds is 4. The van der Waals surface area contributed by atoms with Crippen LogP contribution in [0.2, 0.25) is 0 Å². The third-order valence-corrected chi connectivity index (χ3v) is 5.27. The monoisotopic (exact) mass is 359 g/mol. The van der Waals surface area contributed by atoms with Gasteiger partial charge in [-0.2, -0.15) is 0 Å². The van der Waals surface area contributed by atoms with Crippen molar-refractivity contribution in [3.63, 3.8) is 0 Å². The molecule has 2 fully saturated rings. The van der Waals surface area contributed by atoms with E-state index < -0.39 is 5.82 Å². The Kier molecular flexibility index (Phi) is 4.63. The molecule has 0 aliphatic carbocycles. The number of carbonyl (C=O) groups is 1. The van der Waals surface area contributed by atoms with Crippen LogP contribution < -0.4 is 4.74 Å². The van der Waals surface area contributed by atoms with E-state index in [0.29, 0.717) is 23.9 Å². The molecular weight excluding hydrogens is 337 g/mol. The number of para-hydroxylation sites is 1. The topological polar surface area (TPSA) is 58.8 Å². The van der Waals surface area contributed by atoms with Gasteiger partial charge in [-0.05, 0) is 38.4 Å². The molecule has 1 amide bonds. The van der Waals surface area contributed by atoms with Crippen molar-refractivity contribution in [2.45, 2.75) is 32.4 Å². The molecule has 0 N–H and O–H groups in total. The first-order valence-corrected chi connectivity index (χ1v) is 8.99. The normalized spacial score (nSPS) is 20.2. The highest BCUT2D eigenvalue weighted by Gasteiger charge is 2.34. The molecule has 4 rings (SSSR count). The van der Waals surface area contributed by atoms with Gasteiger partial charge in [0.1, 0.15) is 12.4 Å². The first-order chi connectivity index (χ1) is 12.6. The minimum atomic E-state index is -0.438. The fourth-order valence-corrected chi connectivity index (χ4v) is 3.77. The van der Waals surface area contributed by atoms with Gasteiger partial charge < -0.3 is 14.2 Å². The van der Waals surface area contributed by atoms with E-state index >= 15 is 0 Å². The van der Waals surface area contributed by atoms with Crippen molar-refractivity contribution in [1.82, 2.24) is 15.0 Å². The zero-order chi connectivity index (χ0) is 18.1. The van der Waals surface area contributed by atoms with Crippen LogP contribution in [0.25, 0.3) is 0 Å². The lowest BCUT2D eigenvalue weighted by Gasteiger charge is -2.37. The van der Waals surface area contributed by atoms with Gasteiger partial charge in [-0.15, -0.1) is 0 Å². The number of fused-ring (bicyclic) bond motifs is 1.